The minimum absolute atomic E-state index is 0.486. The number of aromatic nitrogens is 1. The lowest BCUT2D eigenvalue weighted by Gasteiger charge is -2.05. The van der Waals surface area contributed by atoms with Crippen LogP contribution in [0.1, 0.15) is 38.7 Å². The molecule has 5 heteroatoms. The van der Waals surface area contributed by atoms with Crippen molar-refractivity contribution in [2.24, 2.45) is 10.7 Å². The van der Waals surface area contributed by atoms with Gasteiger partial charge in [-0.15, -0.1) is 0 Å². The summed E-state index contributed by atoms with van der Waals surface area (Å²) in [5.74, 6) is 1.14. The summed E-state index contributed by atoms with van der Waals surface area (Å²) < 4.78 is 5.42. The molecule has 0 aliphatic carbocycles. The highest BCUT2D eigenvalue weighted by Gasteiger charge is 1.97. The van der Waals surface area contributed by atoms with E-state index in [-0.39, 0.29) is 0 Å². The van der Waals surface area contributed by atoms with Crippen molar-refractivity contribution >= 4 is 5.96 Å². The second-order valence-electron chi connectivity index (χ2n) is 4.33. The first kappa shape index (κ1) is 15.3. The summed E-state index contributed by atoms with van der Waals surface area (Å²) in [4.78, 5) is 8.48. The zero-order chi connectivity index (χ0) is 13.9. The van der Waals surface area contributed by atoms with Crippen LogP contribution in [-0.4, -0.2) is 24.1 Å². The van der Waals surface area contributed by atoms with E-state index in [2.05, 4.69) is 29.1 Å². The van der Waals surface area contributed by atoms with Crippen LogP contribution in [-0.2, 0) is 6.54 Å². The largest absolute Gasteiger partial charge is 0.478 e. The highest BCUT2D eigenvalue weighted by Crippen LogP contribution is 2.08. The number of hydrogen-bond acceptors (Lipinski definition) is 3. The predicted octanol–water partition coefficient (Wildman–Crippen LogP) is 2.07. The number of unbranched alkanes of at least 4 members (excludes halogenated alkanes) is 1. The van der Waals surface area contributed by atoms with Crippen LogP contribution in [0.4, 0.5) is 0 Å². The van der Waals surface area contributed by atoms with Gasteiger partial charge in [0.25, 0.3) is 0 Å². The molecule has 0 saturated heterocycles. The first-order valence-corrected chi connectivity index (χ1v) is 6.87. The summed E-state index contributed by atoms with van der Waals surface area (Å²) in [6.45, 7) is 6.30. The minimum Gasteiger partial charge on any atom is -0.478 e. The van der Waals surface area contributed by atoms with Gasteiger partial charge in [0.2, 0.25) is 5.88 Å². The molecule has 0 unspecified atom stereocenters. The van der Waals surface area contributed by atoms with E-state index in [0.29, 0.717) is 25.0 Å². The molecular weight excluding hydrogens is 240 g/mol. The van der Waals surface area contributed by atoms with Gasteiger partial charge in [0.15, 0.2) is 5.96 Å². The maximum atomic E-state index is 5.75. The molecule has 0 radical (unpaired) electrons. The first-order chi connectivity index (χ1) is 9.26. The van der Waals surface area contributed by atoms with Crippen LogP contribution in [0, 0.1) is 0 Å². The van der Waals surface area contributed by atoms with Crippen molar-refractivity contribution in [3.63, 3.8) is 0 Å². The monoisotopic (exact) mass is 264 g/mol. The Hall–Kier alpha value is -1.78. The summed E-state index contributed by atoms with van der Waals surface area (Å²) in [7, 11) is 0. The van der Waals surface area contributed by atoms with Crippen LogP contribution in [0.15, 0.2) is 23.3 Å². The molecule has 0 spiro atoms. The van der Waals surface area contributed by atoms with E-state index in [4.69, 9.17) is 10.5 Å². The van der Waals surface area contributed by atoms with Crippen molar-refractivity contribution in [2.75, 3.05) is 13.2 Å². The van der Waals surface area contributed by atoms with Crippen molar-refractivity contribution in [3.8, 4) is 5.88 Å². The molecular formula is C14H24N4O. The third-order valence-corrected chi connectivity index (χ3v) is 2.52. The Kier molecular flexibility index (Phi) is 7.39. The maximum absolute atomic E-state index is 5.75. The van der Waals surface area contributed by atoms with E-state index in [1.54, 1.807) is 6.20 Å². The van der Waals surface area contributed by atoms with Crippen molar-refractivity contribution in [1.29, 1.82) is 0 Å². The smallest absolute Gasteiger partial charge is 0.213 e. The maximum Gasteiger partial charge on any atom is 0.213 e. The number of rotatable bonds is 8. The first-order valence-electron chi connectivity index (χ1n) is 6.87. The Balaban J connectivity index is 2.37. The van der Waals surface area contributed by atoms with Gasteiger partial charge in [0, 0.05) is 18.8 Å². The van der Waals surface area contributed by atoms with Gasteiger partial charge in [-0.05, 0) is 18.4 Å². The van der Waals surface area contributed by atoms with Gasteiger partial charge < -0.3 is 15.8 Å². The van der Waals surface area contributed by atoms with Crippen molar-refractivity contribution < 1.29 is 4.74 Å². The van der Waals surface area contributed by atoms with Crippen molar-refractivity contribution in [1.82, 2.24) is 10.3 Å². The van der Waals surface area contributed by atoms with E-state index < -0.39 is 0 Å². The second kappa shape index (κ2) is 9.19. The van der Waals surface area contributed by atoms with Crippen LogP contribution in [0.25, 0.3) is 0 Å². The Morgan fingerprint density at radius 3 is 2.84 bits per heavy atom. The van der Waals surface area contributed by atoms with Crippen LogP contribution in [0.5, 0.6) is 5.88 Å². The van der Waals surface area contributed by atoms with E-state index in [1.807, 2.05) is 12.1 Å². The minimum atomic E-state index is 0.486. The molecule has 0 atom stereocenters. The van der Waals surface area contributed by atoms with E-state index >= 15 is 0 Å². The Morgan fingerprint density at radius 1 is 1.37 bits per heavy atom. The molecule has 1 rings (SSSR count). The van der Waals surface area contributed by atoms with Gasteiger partial charge in [-0.25, -0.2) is 9.98 Å². The lowest BCUT2D eigenvalue weighted by atomic mass is 10.3. The number of hydrogen-bond donors (Lipinski definition) is 2. The molecule has 0 amide bonds. The quantitative estimate of drug-likeness (QED) is 0.428. The summed E-state index contributed by atoms with van der Waals surface area (Å²) in [5.41, 5.74) is 6.77. The van der Waals surface area contributed by atoms with Crippen LogP contribution in [0.3, 0.4) is 0 Å². The molecule has 0 aliphatic heterocycles. The number of nitrogens with one attached hydrogen (secondary N) is 1. The molecule has 0 bridgehead atoms. The number of ether oxygens (including phenoxy) is 1. The van der Waals surface area contributed by atoms with Gasteiger partial charge in [0.05, 0.1) is 13.2 Å². The third kappa shape index (κ3) is 6.64. The zero-order valence-electron chi connectivity index (χ0n) is 11.9. The topological polar surface area (TPSA) is 72.5 Å². The fourth-order valence-electron chi connectivity index (χ4n) is 1.42. The van der Waals surface area contributed by atoms with Gasteiger partial charge in [-0.2, -0.15) is 0 Å². The molecule has 0 saturated carbocycles. The molecule has 0 aromatic carbocycles. The summed E-state index contributed by atoms with van der Waals surface area (Å²) >= 11 is 0. The number of aliphatic imine (C=N–C) groups is 1. The molecule has 3 N–H and O–H groups in total. The van der Waals surface area contributed by atoms with E-state index in [0.717, 1.165) is 31.4 Å². The average molecular weight is 264 g/mol. The third-order valence-electron chi connectivity index (χ3n) is 2.52. The zero-order valence-corrected chi connectivity index (χ0v) is 11.9. The van der Waals surface area contributed by atoms with Gasteiger partial charge >= 0.3 is 0 Å². The van der Waals surface area contributed by atoms with Gasteiger partial charge in [-0.3, -0.25) is 0 Å². The Morgan fingerprint density at radius 2 is 2.21 bits per heavy atom. The van der Waals surface area contributed by atoms with Gasteiger partial charge in [0.1, 0.15) is 0 Å². The number of nitrogens with zero attached hydrogens (tertiary/aromatic N) is 2. The van der Waals surface area contributed by atoms with E-state index in [9.17, 15) is 0 Å². The van der Waals surface area contributed by atoms with Crippen molar-refractivity contribution in [2.45, 2.75) is 39.7 Å². The SMILES string of the molecule is CCCCNC(N)=NCc1ccc(OCCC)nc1. The lowest BCUT2D eigenvalue weighted by molar-refractivity contribution is 0.305. The average Bonchev–Trinajstić information content (AvgIpc) is 2.44. The predicted molar refractivity (Wildman–Crippen MR) is 78.3 cm³/mol. The number of pyridine rings is 1. The summed E-state index contributed by atoms with van der Waals surface area (Å²) in [6.07, 6.45) is 4.99. The van der Waals surface area contributed by atoms with Crippen LogP contribution < -0.4 is 15.8 Å². The number of guanidine groups is 1. The molecule has 1 aromatic heterocycles. The highest BCUT2D eigenvalue weighted by atomic mass is 16.5. The summed E-state index contributed by atoms with van der Waals surface area (Å²) in [5, 5.41) is 3.08. The fourth-order valence-corrected chi connectivity index (χ4v) is 1.42. The molecule has 106 valence electrons. The molecule has 1 heterocycles. The Labute approximate surface area is 115 Å². The van der Waals surface area contributed by atoms with Crippen LogP contribution in [0.2, 0.25) is 0 Å². The molecule has 1 aromatic rings. The normalized spacial score (nSPS) is 11.4. The lowest BCUT2D eigenvalue weighted by Crippen LogP contribution is -2.32. The fraction of sp³-hybridized carbons (Fsp3) is 0.571. The molecule has 0 aliphatic rings. The highest BCUT2D eigenvalue weighted by molar-refractivity contribution is 5.77. The van der Waals surface area contributed by atoms with E-state index in [1.165, 1.54) is 0 Å². The second-order valence-corrected chi connectivity index (χ2v) is 4.33. The van der Waals surface area contributed by atoms with Crippen LogP contribution >= 0.6 is 0 Å². The standard InChI is InChI=1S/C14H24N4O/c1-3-5-8-16-14(15)18-11-12-6-7-13(17-10-12)19-9-4-2/h6-7,10H,3-5,8-9,11H2,1-2H3,(H3,15,16,18). The molecule has 19 heavy (non-hydrogen) atoms. The van der Waals surface area contributed by atoms with Crippen molar-refractivity contribution in [3.05, 3.63) is 23.9 Å². The Bertz CT molecular complexity index is 376. The number of nitrogens with two attached hydrogens (primary N) is 1. The van der Waals surface area contributed by atoms with Gasteiger partial charge in [-0.1, -0.05) is 26.3 Å². The molecule has 0 fully saturated rings. The summed E-state index contributed by atoms with van der Waals surface area (Å²) in [6, 6.07) is 3.82. The molecule has 5 nitrogen and oxygen atoms in total.